The molecule has 3 amide bonds. The standard InChI is InChI=1S/C29H26BrCl2N3O4S/c1-3-34(4-2)23-12-6-18(25(15-23)39-17-19-5-9-21(31)14-24(19)32)13-26-28(37)35(29(38)40-26)16-27(36)33-22-10-7-20(30)8-11-22/h5-15H,3-4,16-17H2,1-2H3,(H,33,36)/b26-13+. The average molecular weight is 663 g/mol. The lowest BCUT2D eigenvalue weighted by atomic mass is 10.1. The van der Waals surface area contributed by atoms with E-state index < -0.39 is 23.6 Å². The van der Waals surface area contributed by atoms with Crippen molar-refractivity contribution in [2.24, 2.45) is 0 Å². The molecule has 1 aliphatic rings. The molecule has 40 heavy (non-hydrogen) atoms. The maximum Gasteiger partial charge on any atom is 0.294 e. The molecule has 4 rings (SSSR count). The normalized spacial score (nSPS) is 14.1. The third-order valence-electron chi connectivity index (χ3n) is 6.11. The van der Waals surface area contributed by atoms with E-state index in [0.717, 1.165) is 45.5 Å². The molecule has 1 aliphatic heterocycles. The molecule has 0 bridgehead atoms. The van der Waals surface area contributed by atoms with E-state index in [9.17, 15) is 14.4 Å². The van der Waals surface area contributed by atoms with Crippen LogP contribution in [-0.2, 0) is 16.2 Å². The number of halogens is 3. The van der Waals surface area contributed by atoms with Crippen LogP contribution in [0.15, 0.2) is 70.0 Å². The fraction of sp³-hybridized carbons (Fsp3) is 0.207. The monoisotopic (exact) mass is 661 g/mol. The first-order chi connectivity index (χ1) is 19.2. The third kappa shape index (κ3) is 7.40. The topological polar surface area (TPSA) is 79.0 Å². The van der Waals surface area contributed by atoms with Crippen molar-refractivity contribution in [2.75, 3.05) is 29.9 Å². The summed E-state index contributed by atoms with van der Waals surface area (Å²) in [6.07, 6.45) is 1.61. The third-order valence-corrected chi connectivity index (χ3v) is 8.14. The van der Waals surface area contributed by atoms with Gasteiger partial charge >= 0.3 is 0 Å². The van der Waals surface area contributed by atoms with E-state index in [0.29, 0.717) is 27.0 Å². The molecular weight excluding hydrogens is 637 g/mol. The van der Waals surface area contributed by atoms with E-state index in [1.807, 2.05) is 18.2 Å². The van der Waals surface area contributed by atoms with Crippen LogP contribution in [0, 0.1) is 0 Å². The second kappa shape index (κ2) is 13.6. The summed E-state index contributed by atoms with van der Waals surface area (Å²) in [7, 11) is 0. The van der Waals surface area contributed by atoms with Gasteiger partial charge in [-0.25, -0.2) is 0 Å². The largest absolute Gasteiger partial charge is 0.488 e. The molecule has 0 radical (unpaired) electrons. The number of rotatable bonds is 10. The van der Waals surface area contributed by atoms with E-state index in [4.69, 9.17) is 27.9 Å². The van der Waals surface area contributed by atoms with Gasteiger partial charge in [0.05, 0.1) is 4.91 Å². The first-order valence-corrected chi connectivity index (χ1v) is 14.8. The minimum Gasteiger partial charge on any atom is -0.488 e. The maximum atomic E-state index is 13.1. The Labute approximate surface area is 255 Å². The van der Waals surface area contributed by atoms with Crippen LogP contribution in [0.2, 0.25) is 10.0 Å². The number of carbonyl (C=O) groups is 3. The van der Waals surface area contributed by atoms with E-state index in [1.165, 1.54) is 0 Å². The molecule has 0 aliphatic carbocycles. The Morgan fingerprint density at radius 2 is 1.77 bits per heavy atom. The molecule has 3 aromatic carbocycles. The van der Waals surface area contributed by atoms with Crippen molar-refractivity contribution in [3.05, 3.63) is 91.2 Å². The van der Waals surface area contributed by atoms with Gasteiger partial charge < -0.3 is 15.0 Å². The molecule has 0 atom stereocenters. The van der Waals surface area contributed by atoms with Crippen LogP contribution in [0.5, 0.6) is 5.75 Å². The predicted octanol–water partition coefficient (Wildman–Crippen LogP) is 7.86. The maximum absolute atomic E-state index is 13.1. The van der Waals surface area contributed by atoms with E-state index in [2.05, 4.69) is 40.0 Å². The highest BCUT2D eigenvalue weighted by Crippen LogP contribution is 2.36. The van der Waals surface area contributed by atoms with Crippen LogP contribution in [0.25, 0.3) is 6.08 Å². The highest BCUT2D eigenvalue weighted by molar-refractivity contribution is 9.10. The Kier molecular flexibility index (Phi) is 10.2. The number of ether oxygens (including phenoxy) is 1. The Morgan fingerprint density at radius 3 is 2.45 bits per heavy atom. The van der Waals surface area contributed by atoms with Crippen molar-refractivity contribution in [1.29, 1.82) is 0 Å². The molecule has 0 saturated carbocycles. The van der Waals surface area contributed by atoms with Gasteiger partial charge in [-0.3, -0.25) is 19.3 Å². The van der Waals surface area contributed by atoms with Crippen molar-refractivity contribution in [1.82, 2.24) is 4.90 Å². The summed E-state index contributed by atoms with van der Waals surface area (Å²) in [5, 5.41) is 3.19. The zero-order chi connectivity index (χ0) is 28.8. The molecule has 0 unspecified atom stereocenters. The first-order valence-electron chi connectivity index (χ1n) is 12.4. The highest BCUT2D eigenvalue weighted by Gasteiger charge is 2.36. The summed E-state index contributed by atoms with van der Waals surface area (Å²) in [5.41, 5.74) is 2.89. The minimum atomic E-state index is -0.541. The predicted molar refractivity (Wildman–Crippen MR) is 166 cm³/mol. The van der Waals surface area contributed by atoms with Gasteiger partial charge in [0.1, 0.15) is 18.9 Å². The number of imide groups is 1. The van der Waals surface area contributed by atoms with E-state index in [-0.39, 0.29) is 11.5 Å². The Bertz CT molecular complexity index is 1460. The molecule has 208 valence electrons. The quantitative estimate of drug-likeness (QED) is 0.223. The Hall–Kier alpha value is -2.98. The van der Waals surface area contributed by atoms with Gasteiger partial charge in [0.15, 0.2) is 0 Å². The molecule has 1 fully saturated rings. The fourth-order valence-corrected chi connectivity index (χ4v) is 5.56. The highest BCUT2D eigenvalue weighted by atomic mass is 79.9. The van der Waals surface area contributed by atoms with Gasteiger partial charge in [-0.05, 0) is 80.2 Å². The summed E-state index contributed by atoms with van der Waals surface area (Å²) in [6, 6.07) is 17.9. The molecule has 0 spiro atoms. The van der Waals surface area contributed by atoms with Gasteiger partial charge in [-0.2, -0.15) is 0 Å². The summed E-state index contributed by atoms with van der Waals surface area (Å²) in [5.74, 6) is -0.492. The van der Waals surface area contributed by atoms with Crippen LogP contribution < -0.4 is 15.0 Å². The molecule has 3 aromatic rings. The molecule has 1 heterocycles. The lowest BCUT2D eigenvalue weighted by molar-refractivity contribution is -0.127. The molecular formula is C29H26BrCl2N3O4S. The first kappa shape index (κ1) is 30.0. The minimum absolute atomic E-state index is 0.177. The SMILES string of the molecule is CCN(CC)c1ccc(/C=C2/SC(=O)N(CC(=O)Nc3ccc(Br)cc3)C2=O)c(OCc2ccc(Cl)cc2Cl)c1. The smallest absolute Gasteiger partial charge is 0.294 e. The number of hydrogen-bond donors (Lipinski definition) is 1. The number of nitrogens with one attached hydrogen (secondary N) is 1. The van der Waals surface area contributed by atoms with Crippen molar-refractivity contribution < 1.29 is 19.1 Å². The lowest BCUT2D eigenvalue weighted by Gasteiger charge is -2.22. The van der Waals surface area contributed by atoms with E-state index in [1.54, 1.807) is 48.5 Å². The lowest BCUT2D eigenvalue weighted by Crippen LogP contribution is -2.36. The molecule has 1 saturated heterocycles. The number of amides is 3. The summed E-state index contributed by atoms with van der Waals surface area (Å²) >= 11 is 16.5. The molecule has 7 nitrogen and oxygen atoms in total. The number of thioether (sulfide) groups is 1. The van der Waals surface area contributed by atoms with E-state index >= 15 is 0 Å². The fourth-order valence-electron chi connectivity index (χ4n) is 4.00. The van der Waals surface area contributed by atoms with Crippen molar-refractivity contribution >= 4 is 85.4 Å². The zero-order valence-electron chi connectivity index (χ0n) is 21.7. The zero-order valence-corrected chi connectivity index (χ0v) is 25.7. The molecule has 1 N–H and O–H groups in total. The van der Waals surface area contributed by atoms with Crippen LogP contribution in [0.1, 0.15) is 25.0 Å². The number of benzene rings is 3. The summed E-state index contributed by atoms with van der Waals surface area (Å²) < 4.78 is 7.04. The van der Waals surface area contributed by atoms with Crippen molar-refractivity contribution in [3.8, 4) is 5.75 Å². The van der Waals surface area contributed by atoms with Gasteiger partial charge in [-0.1, -0.05) is 45.2 Å². The summed E-state index contributed by atoms with van der Waals surface area (Å²) in [6.45, 7) is 5.52. The number of anilines is 2. The molecule has 0 aromatic heterocycles. The van der Waals surface area contributed by atoms with Crippen LogP contribution in [0.3, 0.4) is 0 Å². The summed E-state index contributed by atoms with van der Waals surface area (Å²) in [4.78, 5) is 41.7. The number of carbonyl (C=O) groups excluding carboxylic acids is 3. The van der Waals surface area contributed by atoms with Crippen molar-refractivity contribution in [2.45, 2.75) is 20.5 Å². The second-order valence-electron chi connectivity index (χ2n) is 8.74. The number of hydrogen-bond acceptors (Lipinski definition) is 6. The van der Waals surface area contributed by atoms with Gasteiger partial charge in [0.2, 0.25) is 5.91 Å². The number of nitrogens with zero attached hydrogens (tertiary/aromatic N) is 2. The average Bonchev–Trinajstić information content (AvgIpc) is 3.18. The van der Waals surface area contributed by atoms with Gasteiger partial charge in [0, 0.05) is 56.2 Å². The Balaban J connectivity index is 1.55. The van der Waals surface area contributed by atoms with Crippen molar-refractivity contribution in [3.63, 3.8) is 0 Å². The second-order valence-corrected chi connectivity index (χ2v) is 11.5. The van der Waals surface area contributed by atoms with Crippen LogP contribution in [0.4, 0.5) is 16.2 Å². The Morgan fingerprint density at radius 1 is 1.05 bits per heavy atom. The van der Waals surface area contributed by atoms with Crippen LogP contribution >= 0.6 is 50.9 Å². The van der Waals surface area contributed by atoms with Crippen LogP contribution in [-0.4, -0.2) is 41.6 Å². The van der Waals surface area contributed by atoms with Gasteiger partial charge in [-0.15, -0.1) is 0 Å². The van der Waals surface area contributed by atoms with Gasteiger partial charge in [0.25, 0.3) is 11.1 Å². The molecule has 11 heteroatoms.